The summed E-state index contributed by atoms with van der Waals surface area (Å²) in [5, 5.41) is 1.41. The molecule has 2 fully saturated rings. The van der Waals surface area contributed by atoms with Crippen LogP contribution in [-0.4, -0.2) is 37.9 Å². The number of hydrogen-bond acceptors (Lipinski definition) is 3. The zero-order valence-corrected chi connectivity index (χ0v) is 24.1. The van der Waals surface area contributed by atoms with Crippen LogP contribution in [0.4, 0.5) is 0 Å². The molecule has 0 N–H and O–H groups in total. The van der Waals surface area contributed by atoms with Crippen molar-refractivity contribution in [2.75, 3.05) is 6.61 Å². The first-order valence-electron chi connectivity index (χ1n) is 12.5. The van der Waals surface area contributed by atoms with E-state index < -0.39 is 14.4 Å². The number of nitrogens with zero attached hydrogens (tertiary/aromatic N) is 1. The lowest BCUT2D eigenvalue weighted by atomic mass is 9.90. The monoisotopic (exact) mass is 533 g/mol. The Morgan fingerprint density at radius 3 is 2.29 bits per heavy atom. The average molecular weight is 535 g/mol. The molecule has 4 rings (SSSR count). The number of carbonyl (C=O) groups excluding carboxylic acids is 1. The van der Waals surface area contributed by atoms with E-state index in [1.54, 1.807) is 0 Å². The normalized spacial score (nSPS) is 24.5. The molecule has 0 aromatic heterocycles. The molecular weight excluding hydrogens is 497 g/mol. The minimum Gasteiger partial charge on any atom is -0.415 e. The number of amides is 1. The lowest BCUT2D eigenvalue weighted by Crippen LogP contribution is -2.57. The Kier molecular flexibility index (Phi) is 7.76. The SMILES string of the molecule is CC1OC(c2cccc(Cl)c2)C(c2ccc(Cl)cc2)N(C(CO[Si](C)(C)C(C)(C)C)C2CC2)C1=O. The summed E-state index contributed by atoms with van der Waals surface area (Å²) >= 11 is 12.6. The smallest absolute Gasteiger partial charge is 0.252 e. The van der Waals surface area contributed by atoms with Gasteiger partial charge in [0.25, 0.3) is 5.91 Å². The van der Waals surface area contributed by atoms with Crippen molar-refractivity contribution in [1.29, 1.82) is 0 Å². The van der Waals surface area contributed by atoms with E-state index in [2.05, 4.69) is 38.8 Å². The van der Waals surface area contributed by atoms with Gasteiger partial charge in [-0.15, -0.1) is 0 Å². The topological polar surface area (TPSA) is 38.8 Å². The summed E-state index contributed by atoms with van der Waals surface area (Å²) in [6.07, 6.45) is 1.31. The number of morpholine rings is 1. The van der Waals surface area contributed by atoms with Crippen molar-refractivity contribution in [3.05, 3.63) is 69.7 Å². The standard InChI is InChI=1S/C28H37Cl2NO3Si/c1-18-27(32)31(24(19-10-11-19)17-33-35(5,6)28(2,3)4)25(20-12-14-22(29)15-13-20)26(34-18)21-8-7-9-23(30)16-21/h7-9,12-16,18-19,24-26H,10-11,17H2,1-6H3. The zero-order chi connectivity index (χ0) is 25.5. The van der Waals surface area contributed by atoms with E-state index in [1.165, 1.54) is 0 Å². The molecule has 4 unspecified atom stereocenters. The summed E-state index contributed by atoms with van der Waals surface area (Å²) in [4.78, 5) is 15.9. The van der Waals surface area contributed by atoms with Crippen LogP contribution in [0, 0.1) is 5.92 Å². The molecule has 0 radical (unpaired) electrons. The van der Waals surface area contributed by atoms with E-state index in [9.17, 15) is 4.79 Å². The lowest BCUT2D eigenvalue weighted by Gasteiger charge is -2.48. The first kappa shape index (κ1) is 26.7. The van der Waals surface area contributed by atoms with Gasteiger partial charge in [-0.05, 0) is 79.2 Å². The number of hydrogen-bond donors (Lipinski definition) is 0. The van der Waals surface area contributed by atoms with Gasteiger partial charge in [0.05, 0.1) is 18.7 Å². The molecule has 1 aliphatic heterocycles. The largest absolute Gasteiger partial charge is 0.415 e. The summed E-state index contributed by atoms with van der Waals surface area (Å²) in [7, 11) is -1.99. The molecule has 35 heavy (non-hydrogen) atoms. The Balaban J connectivity index is 1.77. The zero-order valence-electron chi connectivity index (χ0n) is 21.6. The minimum absolute atomic E-state index is 0.00895. The molecule has 1 amide bonds. The molecule has 2 aromatic carbocycles. The van der Waals surface area contributed by atoms with Crippen molar-refractivity contribution < 1.29 is 14.0 Å². The summed E-state index contributed by atoms with van der Waals surface area (Å²) in [6, 6.07) is 15.2. The van der Waals surface area contributed by atoms with Crippen molar-refractivity contribution in [2.45, 2.75) is 83.0 Å². The number of benzene rings is 2. The Morgan fingerprint density at radius 1 is 1.06 bits per heavy atom. The van der Waals surface area contributed by atoms with E-state index in [1.807, 2.05) is 55.5 Å². The molecule has 2 aromatic rings. The van der Waals surface area contributed by atoms with Crippen LogP contribution in [0.15, 0.2) is 48.5 Å². The van der Waals surface area contributed by atoms with Crippen LogP contribution in [0.3, 0.4) is 0 Å². The van der Waals surface area contributed by atoms with Crippen LogP contribution in [0.2, 0.25) is 28.2 Å². The number of ether oxygens (including phenoxy) is 1. The van der Waals surface area contributed by atoms with E-state index in [4.69, 9.17) is 32.4 Å². The van der Waals surface area contributed by atoms with Gasteiger partial charge in [0.2, 0.25) is 0 Å². The molecule has 190 valence electrons. The maximum absolute atomic E-state index is 13.8. The summed E-state index contributed by atoms with van der Waals surface area (Å²) in [5.41, 5.74) is 1.96. The average Bonchev–Trinajstić information content (AvgIpc) is 3.61. The molecule has 4 nitrogen and oxygen atoms in total. The van der Waals surface area contributed by atoms with E-state index in [0.717, 1.165) is 24.0 Å². The van der Waals surface area contributed by atoms with Crippen LogP contribution in [0.5, 0.6) is 0 Å². The summed E-state index contributed by atoms with van der Waals surface area (Å²) in [6.45, 7) is 13.7. The van der Waals surface area contributed by atoms with Gasteiger partial charge in [-0.3, -0.25) is 4.79 Å². The maximum Gasteiger partial charge on any atom is 0.252 e. The third kappa shape index (κ3) is 5.80. The highest BCUT2D eigenvalue weighted by atomic mass is 35.5. The molecule has 4 atom stereocenters. The molecule has 2 aliphatic rings. The molecule has 7 heteroatoms. The van der Waals surface area contributed by atoms with Gasteiger partial charge in [0, 0.05) is 10.0 Å². The first-order chi connectivity index (χ1) is 16.4. The third-order valence-electron chi connectivity index (χ3n) is 7.87. The van der Waals surface area contributed by atoms with E-state index >= 15 is 0 Å². The van der Waals surface area contributed by atoms with Gasteiger partial charge < -0.3 is 14.1 Å². The fourth-order valence-corrected chi connectivity index (χ4v) is 5.93. The van der Waals surface area contributed by atoms with Crippen LogP contribution in [0.1, 0.15) is 63.8 Å². The van der Waals surface area contributed by atoms with Crippen LogP contribution in [0.25, 0.3) is 0 Å². The summed E-state index contributed by atoms with van der Waals surface area (Å²) in [5.74, 6) is 0.447. The molecule has 1 saturated carbocycles. The quantitative estimate of drug-likeness (QED) is 0.340. The molecule has 0 spiro atoms. The Morgan fingerprint density at radius 2 is 1.71 bits per heavy atom. The number of halogens is 2. The second-order valence-corrected chi connectivity index (χ2v) is 17.2. The fourth-order valence-electron chi connectivity index (χ4n) is 4.59. The highest BCUT2D eigenvalue weighted by Crippen LogP contribution is 2.48. The predicted octanol–water partition coefficient (Wildman–Crippen LogP) is 7.82. The van der Waals surface area contributed by atoms with Crippen molar-refractivity contribution in [3.63, 3.8) is 0 Å². The Hall–Kier alpha value is -1.37. The van der Waals surface area contributed by atoms with Crippen molar-refractivity contribution in [2.24, 2.45) is 5.92 Å². The second kappa shape index (κ2) is 10.2. The van der Waals surface area contributed by atoms with E-state index in [0.29, 0.717) is 22.6 Å². The number of rotatable bonds is 7. The van der Waals surface area contributed by atoms with Crippen LogP contribution in [-0.2, 0) is 14.0 Å². The molecule has 1 aliphatic carbocycles. The highest BCUT2D eigenvalue weighted by molar-refractivity contribution is 6.74. The van der Waals surface area contributed by atoms with Gasteiger partial charge in [-0.2, -0.15) is 0 Å². The van der Waals surface area contributed by atoms with Gasteiger partial charge in [-0.1, -0.05) is 68.2 Å². The van der Waals surface area contributed by atoms with Crippen molar-refractivity contribution in [1.82, 2.24) is 4.90 Å². The molecule has 1 saturated heterocycles. The van der Waals surface area contributed by atoms with Crippen molar-refractivity contribution >= 4 is 37.4 Å². The van der Waals surface area contributed by atoms with Crippen LogP contribution >= 0.6 is 23.2 Å². The highest BCUT2D eigenvalue weighted by Gasteiger charge is 2.50. The van der Waals surface area contributed by atoms with Crippen molar-refractivity contribution in [3.8, 4) is 0 Å². The van der Waals surface area contributed by atoms with E-state index in [-0.39, 0.29) is 29.1 Å². The lowest BCUT2D eigenvalue weighted by molar-refractivity contribution is -0.179. The minimum atomic E-state index is -1.99. The van der Waals surface area contributed by atoms with Gasteiger partial charge >= 0.3 is 0 Å². The van der Waals surface area contributed by atoms with Crippen LogP contribution < -0.4 is 0 Å². The third-order valence-corrected chi connectivity index (χ3v) is 12.9. The first-order valence-corrected chi connectivity index (χ1v) is 16.2. The van der Waals surface area contributed by atoms with Gasteiger partial charge in [0.15, 0.2) is 8.32 Å². The number of carbonyl (C=O) groups is 1. The molecular formula is C28H37Cl2NO3Si. The molecule has 0 bridgehead atoms. The fraction of sp³-hybridized carbons (Fsp3) is 0.536. The summed E-state index contributed by atoms with van der Waals surface area (Å²) < 4.78 is 13.1. The second-order valence-electron chi connectivity index (χ2n) is 11.5. The predicted molar refractivity (Wildman–Crippen MR) is 145 cm³/mol. The Labute approximate surface area is 221 Å². The molecule has 1 heterocycles. The maximum atomic E-state index is 13.8. The Bertz CT molecular complexity index is 1050. The van der Waals surface area contributed by atoms with Gasteiger partial charge in [0.1, 0.15) is 12.2 Å². The van der Waals surface area contributed by atoms with Gasteiger partial charge in [-0.25, -0.2) is 0 Å².